The molecule has 0 amide bonds. The van der Waals surface area contributed by atoms with Gasteiger partial charge in [-0.2, -0.15) is 9.97 Å². The van der Waals surface area contributed by atoms with E-state index in [1.807, 2.05) is 121 Å². The Hall–Kier alpha value is -11.1. The normalized spacial score (nSPS) is 12.4. The van der Waals surface area contributed by atoms with Crippen LogP contribution in [0.4, 0.5) is 34.4 Å². The molecule has 0 fully saturated rings. The van der Waals surface area contributed by atoms with Gasteiger partial charge in [-0.05, 0) is 81.0 Å². The molecule has 0 N–H and O–H groups in total. The molecule has 4 heterocycles. The number of para-hydroxylation sites is 4. The molecule has 92 heavy (non-hydrogen) atoms. The first kappa shape index (κ1) is 58.6. The van der Waals surface area contributed by atoms with E-state index in [1.165, 1.54) is 16.7 Å². The summed E-state index contributed by atoms with van der Waals surface area (Å²) >= 11 is 0. The van der Waals surface area contributed by atoms with Crippen molar-refractivity contribution in [3.8, 4) is 102 Å². The minimum atomic E-state index is -0.281. The second-order valence-corrected chi connectivity index (χ2v) is 26.5. The summed E-state index contributed by atoms with van der Waals surface area (Å²) in [6.07, 6.45) is 0. The lowest BCUT2D eigenvalue weighted by Gasteiger charge is -2.41. The zero-order valence-corrected chi connectivity index (χ0v) is 53.3. The average molecular weight is 1200 g/mol. The number of anilines is 6. The Morgan fingerprint density at radius 1 is 0.239 bits per heavy atom. The van der Waals surface area contributed by atoms with Gasteiger partial charge in [0.15, 0.2) is 34.9 Å². The van der Waals surface area contributed by atoms with Crippen molar-refractivity contribution in [2.45, 2.75) is 78.6 Å². The maximum Gasteiger partial charge on any atom is 0.238 e. The van der Waals surface area contributed by atoms with Crippen LogP contribution < -0.4 is 9.80 Å². The van der Waals surface area contributed by atoms with E-state index in [-0.39, 0.29) is 16.2 Å². The van der Waals surface area contributed by atoms with Crippen LogP contribution in [0.2, 0.25) is 0 Å². The highest BCUT2D eigenvalue weighted by atomic mass is 15.3. The van der Waals surface area contributed by atoms with Crippen LogP contribution in [0.3, 0.4) is 0 Å². The van der Waals surface area contributed by atoms with Crippen LogP contribution in [0.15, 0.2) is 261 Å². The van der Waals surface area contributed by atoms with Gasteiger partial charge in [-0.1, -0.05) is 281 Å². The van der Waals surface area contributed by atoms with Crippen molar-refractivity contribution in [1.29, 1.82) is 0 Å². The van der Waals surface area contributed by atoms with Crippen LogP contribution in [0.5, 0.6) is 0 Å². The number of fused-ring (bicyclic) bond motifs is 2. The van der Waals surface area contributed by atoms with Gasteiger partial charge in [0.1, 0.15) is 0 Å². The summed E-state index contributed by atoms with van der Waals surface area (Å²) < 4.78 is 0. The lowest BCUT2D eigenvalue weighted by Crippen LogP contribution is -2.28. The molecule has 448 valence electrons. The van der Waals surface area contributed by atoms with Crippen LogP contribution in [-0.4, -0.2) is 39.9 Å². The van der Waals surface area contributed by atoms with E-state index in [4.69, 9.17) is 39.9 Å². The van der Waals surface area contributed by atoms with E-state index in [1.54, 1.807) is 0 Å². The highest BCUT2D eigenvalue weighted by molar-refractivity contribution is 6.08. The predicted octanol–water partition coefficient (Wildman–Crippen LogP) is 21.0. The summed E-state index contributed by atoms with van der Waals surface area (Å²) in [6, 6.07) is 90.1. The first-order valence-corrected chi connectivity index (χ1v) is 31.4. The average Bonchev–Trinajstić information content (AvgIpc) is 0.722. The number of benzene rings is 10. The van der Waals surface area contributed by atoms with Crippen molar-refractivity contribution in [2.75, 3.05) is 9.80 Å². The summed E-state index contributed by atoms with van der Waals surface area (Å²) in [4.78, 5) is 47.9. The Balaban J connectivity index is 1.14. The molecule has 10 nitrogen and oxygen atoms in total. The van der Waals surface area contributed by atoms with E-state index in [0.29, 0.717) is 46.6 Å². The molecule has 10 aromatic carbocycles. The molecule has 3 aromatic heterocycles. The number of aromatic nitrogens is 8. The van der Waals surface area contributed by atoms with Crippen LogP contribution >= 0.6 is 0 Å². The zero-order chi connectivity index (χ0) is 63.3. The molecular formula is C82H70N10. The molecule has 1 aliphatic rings. The van der Waals surface area contributed by atoms with Crippen LogP contribution in [0.1, 0.15) is 79.0 Å². The maximum absolute atomic E-state index is 5.74. The molecule has 1 aliphatic heterocycles. The number of hydrogen-bond donors (Lipinski definition) is 0. The molecule has 0 radical (unpaired) electrons. The van der Waals surface area contributed by atoms with Crippen molar-refractivity contribution in [1.82, 2.24) is 39.9 Å². The zero-order valence-electron chi connectivity index (χ0n) is 53.3. The van der Waals surface area contributed by atoms with Crippen molar-refractivity contribution in [3.63, 3.8) is 0 Å². The molecule has 0 saturated carbocycles. The Labute approximate surface area is 539 Å². The highest BCUT2D eigenvalue weighted by Gasteiger charge is 2.38. The standard InChI is InChI=1S/C82H70N10/c1-80(2,3)63-50-59(51-64(81(4,5)6)71(63)82(7,8)9)61-48-60(78-86-74(55-36-20-12-21-37-55)85-75(87-78)56-38-22-13-23-39-56)49-62(66-52-65(53-32-16-10-17-33-53)83-73(84-66)54-34-18-11-19-35-54)72(61)91-67-44-28-30-46-69(67)92(70-47-31-29-45-68(70)91)79-89-76(57-40-24-14-25-41-57)88-77(90-79)58-42-26-15-27-43-58/h10-52H,1-9H3. The minimum Gasteiger partial charge on any atom is -0.305 e. The molecule has 0 spiro atoms. The van der Waals surface area contributed by atoms with Gasteiger partial charge < -0.3 is 4.90 Å². The van der Waals surface area contributed by atoms with Crippen LogP contribution in [0.25, 0.3) is 102 Å². The summed E-state index contributed by atoms with van der Waals surface area (Å²) in [5.41, 5.74) is 17.9. The third-order valence-electron chi connectivity index (χ3n) is 16.8. The van der Waals surface area contributed by atoms with Gasteiger partial charge in [-0.15, -0.1) is 0 Å². The van der Waals surface area contributed by atoms with Crippen molar-refractivity contribution < 1.29 is 0 Å². The van der Waals surface area contributed by atoms with E-state index >= 15 is 0 Å². The number of rotatable bonds is 11. The second kappa shape index (κ2) is 23.7. The highest BCUT2D eigenvalue weighted by Crippen LogP contribution is 2.58. The largest absolute Gasteiger partial charge is 0.305 e. The Kier molecular flexibility index (Phi) is 15.1. The summed E-state index contributed by atoms with van der Waals surface area (Å²) in [6.45, 7) is 21.1. The van der Waals surface area contributed by atoms with E-state index in [2.05, 4.69) is 212 Å². The monoisotopic (exact) mass is 1190 g/mol. The summed E-state index contributed by atoms with van der Waals surface area (Å²) in [7, 11) is 0. The Bertz CT molecular complexity index is 4590. The SMILES string of the molecule is CC(C)(C)c1cc(-c2cc(-c3nc(-c4ccccc4)nc(-c4ccccc4)n3)cc(-c3cc(-c4ccccc4)nc(-c4ccccc4)n3)c2N2c3ccccc3N(c3nc(-c4ccccc4)nc(-c4ccccc4)n3)c3ccccc32)cc(C(C)(C)C)c1C(C)(C)C. The summed E-state index contributed by atoms with van der Waals surface area (Å²) in [5.74, 6) is 3.81. The first-order chi connectivity index (χ1) is 44.5. The number of nitrogens with zero attached hydrogens (tertiary/aromatic N) is 10. The molecule has 0 aliphatic carbocycles. The molecule has 0 unspecified atom stereocenters. The molecule has 13 aromatic rings. The fourth-order valence-electron chi connectivity index (χ4n) is 12.5. The second-order valence-electron chi connectivity index (χ2n) is 26.5. The van der Waals surface area contributed by atoms with E-state index in [9.17, 15) is 0 Å². The van der Waals surface area contributed by atoms with Gasteiger partial charge in [-0.25, -0.2) is 29.9 Å². The lowest BCUT2D eigenvalue weighted by molar-refractivity contribution is 0.498. The lowest BCUT2D eigenvalue weighted by atomic mass is 9.67. The van der Waals surface area contributed by atoms with Crippen molar-refractivity contribution in [3.05, 3.63) is 278 Å². The van der Waals surface area contributed by atoms with Gasteiger partial charge in [0.05, 0.1) is 39.8 Å². The minimum absolute atomic E-state index is 0.210. The number of hydrogen-bond acceptors (Lipinski definition) is 10. The Morgan fingerprint density at radius 3 is 0.913 bits per heavy atom. The Morgan fingerprint density at radius 2 is 0.543 bits per heavy atom. The topological polar surface area (TPSA) is 110 Å². The van der Waals surface area contributed by atoms with Gasteiger partial charge >= 0.3 is 0 Å². The van der Waals surface area contributed by atoms with Gasteiger partial charge in [0, 0.05) is 50.1 Å². The molecule has 0 saturated heterocycles. The van der Waals surface area contributed by atoms with Crippen LogP contribution in [-0.2, 0) is 16.2 Å². The van der Waals surface area contributed by atoms with Crippen molar-refractivity contribution >= 4 is 34.4 Å². The smallest absolute Gasteiger partial charge is 0.238 e. The van der Waals surface area contributed by atoms with Gasteiger partial charge in [0.25, 0.3) is 0 Å². The van der Waals surface area contributed by atoms with Gasteiger partial charge in [-0.3, -0.25) is 4.90 Å². The molecular weight excluding hydrogens is 1120 g/mol. The van der Waals surface area contributed by atoms with Crippen molar-refractivity contribution in [2.24, 2.45) is 0 Å². The quantitative estimate of drug-likeness (QED) is 0.124. The third kappa shape index (κ3) is 11.4. The van der Waals surface area contributed by atoms with Crippen LogP contribution in [0, 0.1) is 0 Å². The molecule has 10 heteroatoms. The first-order valence-electron chi connectivity index (χ1n) is 31.4. The molecule has 0 bridgehead atoms. The fourth-order valence-corrected chi connectivity index (χ4v) is 12.5. The molecule has 0 atom stereocenters. The van der Waals surface area contributed by atoms with Gasteiger partial charge in [0.2, 0.25) is 5.95 Å². The summed E-state index contributed by atoms with van der Waals surface area (Å²) in [5, 5.41) is 0. The van der Waals surface area contributed by atoms with E-state index < -0.39 is 0 Å². The van der Waals surface area contributed by atoms with E-state index in [0.717, 1.165) is 89.8 Å². The predicted molar refractivity (Wildman–Crippen MR) is 377 cm³/mol. The molecule has 14 rings (SSSR count). The third-order valence-corrected chi connectivity index (χ3v) is 16.8. The maximum atomic E-state index is 5.74. The fraction of sp³-hybridized carbons (Fsp3) is 0.146.